The molecule has 0 aliphatic heterocycles. The average molecular weight is 283 g/mol. The highest BCUT2D eigenvalue weighted by Gasteiger charge is 2.47. The maximum atomic E-state index is 11.5. The Morgan fingerprint density at radius 1 is 0.905 bits per heavy atom. The minimum Gasteiger partial charge on any atom is -0.385 e. The number of benzene rings is 1. The van der Waals surface area contributed by atoms with Gasteiger partial charge in [-0.15, -0.1) is 0 Å². The van der Waals surface area contributed by atoms with Crippen molar-refractivity contribution in [3.8, 4) is 0 Å². The largest absolute Gasteiger partial charge is 0.385 e. The molecular weight excluding hydrogens is 258 g/mol. The van der Waals surface area contributed by atoms with E-state index in [1.54, 1.807) is 0 Å². The van der Waals surface area contributed by atoms with Gasteiger partial charge in [0.25, 0.3) is 0 Å². The quantitative estimate of drug-likeness (QED) is 0.825. The zero-order valence-electron chi connectivity index (χ0n) is 13.5. The lowest BCUT2D eigenvalue weighted by Crippen LogP contribution is -2.44. The molecule has 0 radical (unpaired) electrons. The van der Waals surface area contributed by atoms with E-state index in [-0.39, 0.29) is 10.8 Å². The summed E-state index contributed by atoms with van der Waals surface area (Å²) in [6.07, 6.45) is 4.56. The van der Waals surface area contributed by atoms with Gasteiger partial charge in [-0.3, -0.25) is 4.98 Å². The van der Waals surface area contributed by atoms with Gasteiger partial charge < -0.3 is 5.11 Å². The predicted molar refractivity (Wildman–Crippen MR) is 87.1 cm³/mol. The number of rotatable bonds is 1. The van der Waals surface area contributed by atoms with Crippen LogP contribution in [0.2, 0.25) is 0 Å². The Kier molecular flexibility index (Phi) is 3.14. The van der Waals surface area contributed by atoms with Crippen LogP contribution in [-0.4, -0.2) is 10.1 Å². The second kappa shape index (κ2) is 4.54. The van der Waals surface area contributed by atoms with E-state index in [4.69, 9.17) is 0 Å². The number of hydrogen-bond donors (Lipinski definition) is 1. The van der Waals surface area contributed by atoms with Crippen LogP contribution in [0.3, 0.4) is 0 Å². The van der Waals surface area contributed by atoms with Gasteiger partial charge in [-0.2, -0.15) is 0 Å². The van der Waals surface area contributed by atoms with Gasteiger partial charge in [0.1, 0.15) is 0 Å². The molecule has 1 aromatic carbocycles. The highest BCUT2D eigenvalue weighted by atomic mass is 16.3. The zero-order valence-corrected chi connectivity index (χ0v) is 13.5. The highest BCUT2D eigenvalue weighted by Crippen LogP contribution is 2.54. The smallest absolute Gasteiger partial charge is 0.0913 e. The molecule has 0 atom stereocenters. The minimum atomic E-state index is -0.770. The third-order valence-corrected chi connectivity index (χ3v) is 4.65. The fourth-order valence-electron chi connectivity index (χ4n) is 4.77. The Labute approximate surface area is 127 Å². The summed E-state index contributed by atoms with van der Waals surface area (Å²) in [7, 11) is 0. The van der Waals surface area contributed by atoms with E-state index in [0.29, 0.717) is 0 Å². The number of nitrogens with zero attached hydrogens (tertiary/aromatic N) is 1. The van der Waals surface area contributed by atoms with E-state index in [2.05, 4.69) is 44.8 Å². The summed E-state index contributed by atoms with van der Waals surface area (Å²) in [5.74, 6) is 0. The van der Waals surface area contributed by atoms with Crippen molar-refractivity contribution in [3.63, 3.8) is 0 Å². The Morgan fingerprint density at radius 2 is 1.57 bits per heavy atom. The first-order valence-corrected chi connectivity index (χ1v) is 7.78. The van der Waals surface area contributed by atoms with E-state index in [0.717, 1.165) is 35.7 Å². The summed E-state index contributed by atoms with van der Waals surface area (Å²) in [6.45, 7) is 9.06. The molecule has 2 nitrogen and oxygen atoms in total. The zero-order chi connectivity index (χ0) is 15.3. The topological polar surface area (TPSA) is 33.1 Å². The minimum absolute atomic E-state index is 0.140. The molecule has 1 N–H and O–H groups in total. The van der Waals surface area contributed by atoms with Crippen molar-refractivity contribution in [2.24, 2.45) is 10.8 Å². The molecule has 0 unspecified atom stereocenters. The standard InChI is InChI=1S/C19H25NO/c1-17(2)11-18(3,4)13-19(21,12-17)15-8-5-9-16-14(15)7-6-10-20-16/h5-10,21H,11-13H2,1-4H3. The molecule has 1 heterocycles. The number of aromatic nitrogens is 1. The van der Waals surface area contributed by atoms with Crippen molar-refractivity contribution in [3.05, 3.63) is 42.1 Å². The first-order valence-electron chi connectivity index (χ1n) is 7.78. The van der Waals surface area contributed by atoms with Crippen LogP contribution in [0.15, 0.2) is 36.5 Å². The molecular formula is C19H25NO. The van der Waals surface area contributed by atoms with E-state index in [9.17, 15) is 5.11 Å². The Balaban J connectivity index is 2.16. The van der Waals surface area contributed by atoms with Crippen LogP contribution < -0.4 is 0 Å². The summed E-state index contributed by atoms with van der Waals surface area (Å²) in [4.78, 5) is 4.43. The molecule has 1 fully saturated rings. The van der Waals surface area contributed by atoms with Gasteiger partial charge in [0.2, 0.25) is 0 Å². The van der Waals surface area contributed by atoms with Crippen LogP contribution in [0.25, 0.3) is 10.9 Å². The molecule has 1 aliphatic rings. The third kappa shape index (κ3) is 2.69. The number of aliphatic hydroxyl groups is 1. The molecule has 3 rings (SSSR count). The predicted octanol–water partition coefficient (Wildman–Crippen LogP) is 4.66. The fourth-order valence-corrected chi connectivity index (χ4v) is 4.77. The monoisotopic (exact) mass is 283 g/mol. The first kappa shape index (κ1) is 14.5. The summed E-state index contributed by atoms with van der Waals surface area (Å²) in [5.41, 5.74) is 1.51. The molecule has 21 heavy (non-hydrogen) atoms. The summed E-state index contributed by atoms with van der Waals surface area (Å²) in [5, 5.41) is 12.6. The van der Waals surface area contributed by atoms with Crippen molar-refractivity contribution in [2.75, 3.05) is 0 Å². The number of fused-ring (bicyclic) bond motifs is 1. The lowest BCUT2D eigenvalue weighted by atomic mass is 9.58. The van der Waals surface area contributed by atoms with Crippen LogP contribution in [0.4, 0.5) is 0 Å². The van der Waals surface area contributed by atoms with Crippen molar-refractivity contribution in [1.82, 2.24) is 4.98 Å². The molecule has 1 aromatic heterocycles. The van der Waals surface area contributed by atoms with Gasteiger partial charge in [-0.05, 0) is 47.8 Å². The lowest BCUT2D eigenvalue weighted by molar-refractivity contribution is -0.0903. The Hall–Kier alpha value is -1.41. The van der Waals surface area contributed by atoms with Crippen molar-refractivity contribution >= 4 is 10.9 Å². The molecule has 1 aliphatic carbocycles. The summed E-state index contributed by atoms with van der Waals surface area (Å²) in [6, 6.07) is 10.1. The van der Waals surface area contributed by atoms with Gasteiger partial charge in [-0.25, -0.2) is 0 Å². The SMILES string of the molecule is CC1(C)CC(C)(C)CC(O)(c2cccc3ncccc23)C1. The molecule has 0 spiro atoms. The van der Waals surface area contributed by atoms with Crippen molar-refractivity contribution in [2.45, 2.75) is 52.6 Å². The molecule has 0 saturated heterocycles. The maximum Gasteiger partial charge on any atom is 0.0913 e. The van der Waals surface area contributed by atoms with Crippen LogP contribution in [0, 0.1) is 10.8 Å². The van der Waals surface area contributed by atoms with Crippen LogP contribution in [0.1, 0.15) is 52.5 Å². The van der Waals surface area contributed by atoms with Crippen LogP contribution in [-0.2, 0) is 5.60 Å². The number of pyridine rings is 1. The number of hydrogen-bond acceptors (Lipinski definition) is 2. The third-order valence-electron chi connectivity index (χ3n) is 4.65. The van der Waals surface area contributed by atoms with E-state index < -0.39 is 5.60 Å². The average Bonchev–Trinajstić information content (AvgIpc) is 2.33. The fraction of sp³-hybridized carbons (Fsp3) is 0.526. The normalized spacial score (nSPS) is 23.1. The van der Waals surface area contributed by atoms with Gasteiger partial charge >= 0.3 is 0 Å². The summed E-state index contributed by atoms with van der Waals surface area (Å²) < 4.78 is 0. The van der Waals surface area contributed by atoms with Crippen molar-refractivity contribution < 1.29 is 5.11 Å². The Morgan fingerprint density at radius 3 is 2.24 bits per heavy atom. The second-order valence-electron chi connectivity index (χ2n) is 8.27. The Bertz CT molecular complexity index is 651. The maximum absolute atomic E-state index is 11.5. The summed E-state index contributed by atoms with van der Waals surface area (Å²) >= 11 is 0. The van der Waals surface area contributed by atoms with Crippen LogP contribution >= 0.6 is 0 Å². The molecule has 2 heteroatoms. The second-order valence-corrected chi connectivity index (χ2v) is 8.27. The van der Waals surface area contributed by atoms with Crippen molar-refractivity contribution in [1.29, 1.82) is 0 Å². The van der Waals surface area contributed by atoms with Gasteiger partial charge in [0.15, 0.2) is 0 Å². The molecule has 2 aromatic rings. The van der Waals surface area contributed by atoms with E-state index in [1.807, 2.05) is 24.4 Å². The van der Waals surface area contributed by atoms with E-state index in [1.165, 1.54) is 0 Å². The first-order chi connectivity index (χ1) is 9.71. The molecule has 0 bridgehead atoms. The van der Waals surface area contributed by atoms with Gasteiger partial charge in [0.05, 0.1) is 11.1 Å². The highest BCUT2D eigenvalue weighted by molar-refractivity contribution is 5.82. The molecule has 112 valence electrons. The molecule has 1 saturated carbocycles. The lowest BCUT2D eigenvalue weighted by Gasteiger charge is -2.50. The van der Waals surface area contributed by atoms with E-state index >= 15 is 0 Å². The molecule has 0 amide bonds. The van der Waals surface area contributed by atoms with Gasteiger partial charge in [0, 0.05) is 11.6 Å². The van der Waals surface area contributed by atoms with Crippen LogP contribution in [0.5, 0.6) is 0 Å². The van der Waals surface area contributed by atoms with Gasteiger partial charge in [-0.1, -0.05) is 45.9 Å².